The summed E-state index contributed by atoms with van der Waals surface area (Å²) in [5.74, 6) is -5.39. The minimum Gasteiger partial charge on any atom is -0.382 e. The maximum atomic E-state index is 14.8. The molecule has 0 radical (unpaired) electrons. The predicted octanol–water partition coefficient (Wildman–Crippen LogP) is 6.31. The molecule has 1 heterocycles. The molecular weight excluding hydrogens is 602 g/mol. The summed E-state index contributed by atoms with van der Waals surface area (Å²) >= 11 is 5.99. The van der Waals surface area contributed by atoms with Crippen molar-refractivity contribution >= 4 is 34.9 Å². The van der Waals surface area contributed by atoms with E-state index < -0.39 is 60.4 Å². The number of halogens is 9. The van der Waals surface area contributed by atoms with Gasteiger partial charge in [-0.1, -0.05) is 17.7 Å². The Labute approximate surface area is 241 Å². The molecule has 2 aromatic carbocycles. The number of urea groups is 1. The van der Waals surface area contributed by atoms with E-state index in [4.69, 9.17) is 11.6 Å². The van der Waals surface area contributed by atoms with Crippen molar-refractivity contribution in [2.24, 2.45) is 5.92 Å². The van der Waals surface area contributed by atoms with Crippen molar-refractivity contribution < 1.29 is 44.7 Å². The molecular formula is C26H28ClF8N5O2. The van der Waals surface area contributed by atoms with E-state index in [2.05, 4.69) is 21.3 Å². The molecule has 4 N–H and O–H groups in total. The lowest BCUT2D eigenvalue weighted by Gasteiger charge is -2.32. The number of hydrogen-bond acceptors (Lipinski definition) is 4. The first-order valence-electron chi connectivity index (χ1n) is 12.8. The van der Waals surface area contributed by atoms with Crippen LogP contribution in [0.3, 0.4) is 0 Å². The second kappa shape index (κ2) is 14.2. The standard InChI is InChI=1S/C26H28ClF8N5O2/c27-17-2-4-19(20(13-17)37-10-9-36-8-7-25(30,31)32)39-23(41)18-3-1-15(21(28)22(18)29)14-38-24(42)40-11-5-16(6-12-40)26(33,34)35/h1-4,13,16,36-37H,5-12,14H2,(H,38,42)(H,39,41). The Morgan fingerprint density at radius 3 is 2.24 bits per heavy atom. The molecule has 0 atom stereocenters. The molecule has 0 aromatic heterocycles. The van der Waals surface area contributed by atoms with Crippen LogP contribution in [0.4, 0.5) is 51.3 Å². The summed E-state index contributed by atoms with van der Waals surface area (Å²) < 4.78 is 105. The van der Waals surface area contributed by atoms with Gasteiger partial charge in [0, 0.05) is 49.9 Å². The molecule has 2 aromatic rings. The number of likely N-dealkylation sites (tertiary alicyclic amines) is 1. The smallest absolute Gasteiger partial charge is 0.382 e. The Hall–Kier alpha value is -3.33. The zero-order valence-corrected chi connectivity index (χ0v) is 22.7. The average molecular weight is 630 g/mol. The first kappa shape index (κ1) is 33.2. The molecule has 0 aliphatic carbocycles. The van der Waals surface area contributed by atoms with Crippen LogP contribution in [0.25, 0.3) is 0 Å². The van der Waals surface area contributed by atoms with E-state index in [-0.39, 0.29) is 67.5 Å². The molecule has 1 aliphatic rings. The molecule has 232 valence electrons. The number of nitrogens with one attached hydrogen (secondary N) is 4. The fourth-order valence-electron chi connectivity index (χ4n) is 4.20. The molecule has 1 aliphatic heterocycles. The number of carbonyl (C=O) groups excluding carboxylic acids is 2. The number of nitrogens with zero attached hydrogens (tertiary/aromatic N) is 1. The lowest BCUT2D eigenvalue weighted by molar-refractivity contribution is -0.183. The number of alkyl halides is 6. The monoisotopic (exact) mass is 629 g/mol. The topological polar surface area (TPSA) is 85.5 Å². The van der Waals surface area contributed by atoms with Gasteiger partial charge in [0.1, 0.15) is 0 Å². The maximum absolute atomic E-state index is 14.8. The number of rotatable bonds is 10. The highest BCUT2D eigenvalue weighted by Gasteiger charge is 2.41. The average Bonchev–Trinajstić information content (AvgIpc) is 2.91. The van der Waals surface area contributed by atoms with Gasteiger partial charge in [-0.25, -0.2) is 13.6 Å². The number of anilines is 2. The highest BCUT2D eigenvalue weighted by Crippen LogP contribution is 2.34. The summed E-state index contributed by atoms with van der Waals surface area (Å²) in [6.45, 7) is -0.713. The third-order valence-corrected chi connectivity index (χ3v) is 6.75. The van der Waals surface area contributed by atoms with Crippen LogP contribution in [0, 0.1) is 17.6 Å². The minimum absolute atomic E-state index is 0.137. The molecule has 0 bridgehead atoms. The van der Waals surface area contributed by atoms with E-state index in [9.17, 15) is 44.7 Å². The molecule has 0 spiro atoms. The molecule has 3 rings (SSSR count). The van der Waals surface area contributed by atoms with Gasteiger partial charge in [0.15, 0.2) is 11.6 Å². The van der Waals surface area contributed by atoms with Gasteiger partial charge in [-0.2, -0.15) is 26.3 Å². The van der Waals surface area contributed by atoms with E-state index in [0.29, 0.717) is 0 Å². The van der Waals surface area contributed by atoms with Gasteiger partial charge in [0.25, 0.3) is 5.91 Å². The fourth-order valence-corrected chi connectivity index (χ4v) is 4.37. The zero-order valence-electron chi connectivity index (χ0n) is 22.0. The van der Waals surface area contributed by atoms with Gasteiger partial charge < -0.3 is 26.2 Å². The Bertz CT molecular complexity index is 1250. The quantitative estimate of drug-likeness (QED) is 0.183. The third-order valence-electron chi connectivity index (χ3n) is 6.51. The summed E-state index contributed by atoms with van der Waals surface area (Å²) in [5, 5.41) is 10.6. The SMILES string of the molecule is O=C(Nc1ccc(Cl)cc1NCCNCCC(F)(F)F)c1ccc(CNC(=O)N2CCC(C(F)(F)F)CC2)c(F)c1F. The fraction of sp³-hybridized carbons (Fsp3) is 0.462. The summed E-state index contributed by atoms with van der Waals surface area (Å²) in [5.41, 5.74) is -0.501. The second-order valence-electron chi connectivity index (χ2n) is 9.55. The van der Waals surface area contributed by atoms with Crippen molar-refractivity contribution in [1.82, 2.24) is 15.5 Å². The van der Waals surface area contributed by atoms with Crippen molar-refractivity contribution in [2.75, 3.05) is 43.4 Å². The Morgan fingerprint density at radius 2 is 1.60 bits per heavy atom. The number of amides is 3. The van der Waals surface area contributed by atoms with E-state index in [1.165, 1.54) is 18.2 Å². The summed E-state index contributed by atoms with van der Waals surface area (Å²) in [6, 6.07) is 5.64. The van der Waals surface area contributed by atoms with Crippen molar-refractivity contribution in [3.05, 3.63) is 58.1 Å². The molecule has 7 nitrogen and oxygen atoms in total. The lowest BCUT2D eigenvalue weighted by Crippen LogP contribution is -2.46. The Kier molecular flexibility index (Phi) is 11.2. The number of benzene rings is 2. The van der Waals surface area contributed by atoms with Crippen molar-refractivity contribution in [2.45, 2.75) is 38.2 Å². The minimum atomic E-state index is -4.34. The van der Waals surface area contributed by atoms with Crippen LogP contribution in [0.1, 0.15) is 35.2 Å². The molecule has 0 saturated carbocycles. The second-order valence-corrected chi connectivity index (χ2v) is 9.98. The normalized spacial score (nSPS) is 14.5. The highest BCUT2D eigenvalue weighted by molar-refractivity contribution is 6.31. The Balaban J connectivity index is 1.57. The summed E-state index contributed by atoms with van der Waals surface area (Å²) in [4.78, 5) is 26.2. The number of piperidine rings is 1. The van der Waals surface area contributed by atoms with E-state index in [1.807, 2.05) is 0 Å². The van der Waals surface area contributed by atoms with Crippen LogP contribution in [0.2, 0.25) is 5.02 Å². The summed E-state index contributed by atoms with van der Waals surface area (Å²) in [7, 11) is 0. The molecule has 0 unspecified atom stereocenters. The van der Waals surface area contributed by atoms with Crippen LogP contribution in [0.5, 0.6) is 0 Å². The van der Waals surface area contributed by atoms with Gasteiger partial charge in [0.2, 0.25) is 0 Å². The number of hydrogen-bond donors (Lipinski definition) is 4. The van der Waals surface area contributed by atoms with E-state index >= 15 is 0 Å². The van der Waals surface area contributed by atoms with Crippen LogP contribution < -0.4 is 21.3 Å². The first-order valence-corrected chi connectivity index (χ1v) is 13.2. The van der Waals surface area contributed by atoms with Gasteiger partial charge in [-0.15, -0.1) is 0 Å². The largest absolute Gasteiger partial charge is 0.391 e. The highest BCUT2D eigenvalue weighted by atomic mass is 35.5. The Morgan fingerprint density at radius 1 is 0.905 bits per heavy atom. The molecule has 42 heavy (non-hydrogen) atoms. The van der Waals surface area contributed by atoms with Gasteiger partial charge >= 0.3 is 18.4 Å². The zero-order chi connectivity index (χ0) is 31.1. The first-order chi connectivity index (χ1) is 19.7. The van der Waals surface area contributed by atoms with E-state index in [0.717, 1.165) is 17.0 Å². The summed E-state index contributed by atoms with van der Waals surface area (Å²) in [6.07, 6.45) is -10.1. The van der Waals surface area contributed by atoms with Crippen LogP contribution >= 0.6 is 11.6 Å². The lowest BCUT2D eigenvalue weighted by atomic mass is 9.96. The van der Waals surface area contributed by atoms with Gasteiger partial charge in [-0.3, -0.25) is 4.79 Å². The van der Waals surface area contributed by atoms with Crippen molar-refractivity contribution in [1.29, 1.82) is 0 Å². The molecule has 1 fully saturated rings. The molecule has 1 saturated heterocycles. The number of carbonyl (C=O) groups is 2. The predicted molar refractivity (Wildman–Crippen MR) is 140 cm³/mol. The van der Waals surface area contributed by atoms with Gasteiger partial charge in [-0.05, 0) is 37.1 Å². The van der Waals surface area contributed by atoms with Crippen LogP contribution in [-0.4, -0.2) is 61.9 Å². The van der Waals surface area contributed by atoms with Crippen LogP contribution in [0.15, 0.2) is 30.3 Å². The third kappa shape index (κ3) is 9.61. The van der Waals surface area contributed by atoms with Crippen molar-refractivity contribution in [3.63, 3.8) is 0 Å². The molecule has 16 heteroatoms. The van der Waals surface area contributed by atoms with Crippen LogP contribution in [-0.2, 0) is 6.54 Å². The van der Waals surface area contributed by atoms with Gasteiger partial charge in [0.05, 0.1) is 29.3 Å². The van der Waals surface area contributed by atoms with Crippen molar-refractivity contribution in [3.8, 4) is 0 Å². The maximum Gasteiger partial charge on any atom is 0.391 e. The molecule has 3 amide bonds. The van der Waals surface area contributed by atoms with E-state index in [1.54, 1.807) is 0 Å².